The number of nitrogens with zero attached hydrogens (tertiary/aromatic N) is 1. The topological polar surface area (TPSA) is 64.4 Å². The van der Waals surface area contributed by atoms with Gasteiger partial charge in [-0.25, -0.2) is 0 Å². The molecule has 1 aromatic carbocycles. The second-order valence-corrected chi connectivity index (χ2v) is 7.27. The SMILES string of the molecule is CCc1cccc(S(C)(CCl)N=C(N)N)c1. The van der Waals surface area contributed by atoms with Crippen molar-refractivity contribution in [3.63, 3.8) is 0 Å². The molecule has 0 bridgehead atoms. The highest BCUT2D eigenvalue weighted by Crippen LogP contribution is 2.54. The van der Waals surface area contributed by atoms with E-state index in [4.69, 9.17) is 23.1 Å². The van der Waals surface area contributed by atoms with Crippen LogP contribution in [0.5, 0.6) is 0 Å². The van der Waals surface area contributed by atoms with Crippen LogP contribution >= 0.6 is 21.8 Å². The van der Waals surface area contributed by atoms with Gasteiger partial charge in [-0.05, 0) is 30.4 Å². The van der Waals surface area contributed by atoms with Crippen LogP contribution in [0.1, 0.15) is 12.5 Å². The Morgan fingerprint density at radius 2 is 2.12 bits per heavy atom. The van der Waals surface area contributed by atoms with Crippen molar-refractivity contribution in [1.82, 2.24) is 0 Å². The molecule has 0 saturated carbocycles. The zero-order chi connectivity index (χ0) is 12.2. The number of benzene rings is 1. The molecule has 4 N–H and O–H groups in total. The maximum absolute atomic E-state index is 6.00. The van der Waals surface area contributed by atoms with Crippen LogP contribution in [-0.4, -0.2) is 17.4 Å². The van der Waals surface area contributed by atoms with Gasteiger partial charge in [-0.2, -0.15) is 4.40 Å². The molecule has 1 rings (SSSR count). The predicted octanol–water partition coefficient (Wildman–Crippen LogP) is 2.43. The molecule has 1 aromatic rings. The van der Waals surface area contributed by atoms with Gasteiger partial charge < -0.3 is 11.5 Å². The molecule has 16 heavy (non-hydrogen) atoms. The summed E-state index contributed by atoms with van der Waals surface area (Å²) in [5.74, 6) is 0.0973. The van der Waals surface area contributed by atoms with Crippen molar-refractivity contribution in [3.8, 4) is 0 Å². The van der Waals surface area contributed by atoms with Crippen molar-refractivity contribution in [2.75, 3.05) is 11.5 Å². The van der Waals surface area contributed by atoms with E-state index in [-0.39, 0.29) is 5.96 Å². The molecule has 0 heterocycles. The summed E-state index contributed by atoms with van der Waals surface area (Å²) < 4.78 is 4.30. The fourth-order valence-corrected chi connectivity index (χ4v) is 3.46. The molecule has 0 fully saturated rings. The van der Waals surface area contributed by atoms with E-state index in [1.807, 2.05) is 18.4 Å². The average molecular weight is 260 g/mol. The van der Waals surface area contributed by atoms with Gasteiger partial charge >= 0.3 is 0 Å². The molecule has 90 valence electrons. The van der Waals surface area contributed by atoms with Crippen molar-refractivity contribution >= 4 is 27.8 Å². The van der Waals surface area contributed by atoms with E-state index in [9.17, 15) is 0 Å². The van der Waals surface area contributed by atoms with Gasteiger partial charge in [0.05, 0.1) is 5.21 Å². The standard InChI is InChI=1S/C11H18ClN3S/c1-3-9-5-4-6-10(7-9)16(2,8-12)15-11(13)14/h4-7H,3,8H2,1-2H3,(H4,13,14,15). The summed E-state index contributed by atoms with van der Waals surface area (Å²) >= 11 is 6.00. The minimum atomic E-state index is -1.48. The van der Waals surface area contributed by atoms with E-state index in [1.165, 1.54) is 5.56 Å². The van der Waals surface area contributed by atoms with E-state index < -0.39 is 10.2 Å². The minimum Gasteiger partial charge on any atom is -0.369 e. The van der Waals surface area contributed by atoms with E-state index in [0.29, 0.717) is 5.21 Å². The van der Waals surface area contributed by atoms with Gasteiger partial charge in [0.15, 0.2) is 5.96 Å². The maximum Gasteiger partial charge on any atom is 0.196 e. The van der Waals surface area contributed by atoms with E-state index in [0.717, 1.165) is 11.3 Å². The minimum absolute atomic E-state index is 0.0973. The molecule has 1 unspecified atom stereocenters. The molecule has 0 radical (unpaired) electrons. The third-order valence-corrected chi connectivity index (χ3v) is 5.92. The highest BCUT2D eigenvalue weighted by Gasteiger charge is 2.19. The van der Waals surface area contributed by atoms with Gasteiger partial charge in [-0.1, -0.05) is 19.1 Å². The number of hydrogen-bond acceptors (Lipinski definition) is 1. The van der Waals surface area contributed by atoms with Crippen LogP contribution in [0.15, 0.2) is 33.6 Å². The quantitative estimate of drug-likeness (QED) is 0.496. The summed E-state index contributed by atoms with van der Waals surface area (Å²) in [5.41, 5.74) is 12.2. The first-order valence-electron chi connectivity index (χ1n) is 5.03. The van der Waals surface area contributed by atoms with E-state index in [2.05, 4.69) is 23.5 Å². The van der Waals surface area contributed by atoms with Crippen LogP contribution in [0.3, 0.4) is 0 Å². The summed E-state index contributed by atoms with van der Waals surface area (Å²) in [6.45, 7) is 2.12. The van der Waals surface area contributed by atoms with Crippen LogP contribution in [0, 0.1) is 0 Å². The smallest absolute Gasteiger partial charge is 0.196 e. The fraction of sp³-hybridized carbons (Fsp3) is 0.364. The highest BCUT2D eigenvalue weighted by molar-refractivity contribution is 8.33. The number of guanidine groups is 1. The maximum atomic E-state index is 6.00. The normalized spacial score (nSPS) is 16.2. The molecular formula is C11H18ClN3S. The van der Waals surface area contributed by atoms with Gasteiger partial charge in [-0.3, -0.25) is 0 Å². The average Bonchev–Trinajstić information content (AvgIpc) is 2.28. The van der Waals surface area contributed by atoms with Crippen molar-refractivity contribution in [2.24, 2.45) is 15.9 Å². The van der Waals surface area contributed by atoms with Crippen molar-refractivity contribution in [1.29, 1.82) is 0 Å². The van der Waals surface area contributed by atoms with Crippen LogP contribution in [0.25, 0.3) is 0 Å². The van der Waals surface area contributed by atoms with Gasteiger partial charge in [0.2, 0.25) is 0 Å². The molecule has 0 aromatic heterocycles. The zero-order valence-corrected chi connectivity index (χ0v) is 11.2. The van der Waals surface area contributed by atoms with Gasteiger partial charge in [0, 0.05) is 4.90 Å². The summed E-state index contributed by atoms with van der Waals surface area (Å²) in [6, 6.07) is 8.27. The second kappa shape index (κ2) is 5.46. The third-order valence-electron chi connectivity index (χ3n) is 2.33. The molecule has 0 saturated heterocycles. The summed E-state index contributed by atoms with van der Waals surface area (Å²) in [6.07, 6.45) is 3.00. The number of aryl methyl sites for hydroxylation is 1. The first-order chi connectivity index (χ1) is 7.51. The lowest BCUT2D eigenvalue weighted by Gasteiger charge is -2.29. The van der Waals surface area contributed by atoms with E-state index >= 15 is 0 Å². The Balaban J connectivity index is 3.17. The van der Waals surface area contributed by atoms with Crippen LogP contribution in [-0.2, 0) is 6.42 Å². The van der Waals surface area contributed by atoms with Crippen LogP contribution < -0.4 is 11.5 Å². The number of alkyl halides is 1. The molecule has 0 amide bonds. The number of rotatable bonds is 4. The second-order valence-electron chi connectivity index (χ2n) is 3.67. The Bertz CT molecular complexity index is 391. The Morgan fingerprint density at radius 1 is 1.44 bits per heavy atom. The molecule has 0 aliphatic carbocycles. The molecule has 1 atom stereocenters. The summed E-state index contributed by atoms with van der Waals surface area (Å²) in [5, 5.41) is 0.429. The Labute approximate surface area is 103 Å². The zero-order valence-electron chi connectivity index (χ0n) is 9.61. The molecule has 3 nitrogen and oxygen atoms in total. The van der Waals surface area contributed by atoms with Gasteiger partial charge in [-0.15, -0.1) is 21.8 Å². The summed E-state index contributed by atoms with van der Waals surface area (Å²) in [4.78, 5) is 1.12. The lowest BCUT2D eigenvalue weighted by molar-refractivity contribution is 1.12. The number of nitrogens with two attached hydrogens (primary N) is 2. The van der Waals surface area contributed by atoms with Crippen molar-refractivity contribution in [3.05, 3.63) is 29.8 Å². The Morgan fingerprint density at radius 3 is 2.62 bits per heavy atom. The van der Waals surface area contributed by atoms with Gasteiger partial charge in [0.1, 0.15) is 0 Å². The molecular weight excluding hydrogens is 242 g/mol. The monoisotopic (exact) mass is 259 g/mol. The predicted molar refractivity (Wildman–Crippen MR) is 74.1 cm³/mol. The van der Waals surface area contributed by atoms with E-state index in [1.54, 1.807) is 0 Å². The Kier molecular flexibility index (Phi) is 4.50. The highest BCUT2D eigenvalue weighted by atomic mass is 35.5. The number of hydrogen-bond donors (Lipinski definition) is 2. The molecule has 5 heteroatoms. The van der Waals surface area contributed by atoms with Crippen molar-refractivity contribution < 1.29 is 0 Å². The first kappa shape index (κ1) is 13.2. The Hall–Kier alpha value is -0.870. The third kappa shape index (κ3) is 3.06. The lowest BCUT2D eigenvalue weighted by atomic mass is 10.2. The van der Waals surface area contributed by atoms with Crippen LogP contribution in [0.4, 0.5) is 0 Å². The molecule has 0 aliphatic rings. The summed E-state index contributed by atoms with van der Waals surface area (Å²) in [7, 11) is -1.48. The lowest BCUT2D eigenvalue weighted by Crippen LogP contribution is -2.23. The van der Waals surface area contributed by atoms with Gasteiger partial charge in [0.25, 0.3) is 0 Å². The molecule has 0 spiro atoms. The first-order valence-corrected chi connectivity index (χ1v) is 7.74. The largest absolute Gasteiger partial charge is 0.369 e. The molecule has 0 aliphatic heterocycles. The van der Waals surface area contributed by atoms with Crippen LogP contribution in [0.2, 0.25) is 0 Å². The number of halogens is 1. The fourth-order valence-electron chi connectivity index (χ4n) is 1.41. The van der Waals surface area contributed by atoms with Crippen molar-refractivity contribution in [2.45, 2.75) is 18.2 Å².